The lowest BCUT2D eigenvalue weighted by Gasteiger charge is -2.29. The fourth-order valence-corrected chi connectivity index (χ4v) is 2.66. The molecular formula is C21H24F3N3O4. The van der Waals surface area contributed by atoms with Crippen LogP contribution in [0.3, 0.4) is 0 Å². The first-order valence-electron chi connectivity index (χ1n) is 9.50. The zero-order valence-corrected chi connectivity index (χ0v) is 16.9. The number of halogens is 3. The second-order valence-electron chi connectivity index (χ2n) is 6.74. The summed E-state index contributed by atoms with van der Waals surface area (Å²) in [7, 11) is 0. The van der Waals surface area contributed by atoms with Crippen molar-refractivity contribution in [1.29, 1.82) is 0 Å². The molecule has 1 aliphatic heterocycles. The highest BCUT2D eigenvalue weighted by molar-refractivity contribution is 5.92. The van der Waals surface area contributed by atoms with Crippen LogP contribution in [0.25, 0.3) is 0 Å². The molecule has 31 heavy (non-hydrogen) atoms. The van der Waals surface area contributed by atoms with Crippen LogP contribution in [0.15, 0.2) is 48.5 Å². The summed E-state index contributed by atoms with van der Waals surface area (Å²) < 4.78 is 37.2. The number of amides is 1. The molecule has 168 valence electrons. The van der Waals surface area contributed by atoms with Crippen molar-refractivity contribution in [3.63, 3.8) is 0 Å². The molecule has 0 aliphatic carbocycles. The van der Waals surface area contributed by atoms with E-state index in [2.05, 4.69) is 15.5 Å². The van der Waals surface area contributed by atoms with E-state index in [0.717, 1.165) is 37.4 Å². The van der Waals surface area contributed by atoms with E-state index in [4.69, 9.17) is 14.6 Å². The third-order valence-electron chi connectivity index (χ3n) is 4.27. The predicted octanol–water partition coefficient (Wildman–Crippen LogP) is 3.06. The van der Waals surface area contributed by atoms with Gasteiger partial charge >= 0.3 is 12.1 Å². The molecule has 1 saturated heterocycles. The molecule has 0 bridgehead atoms. The Kier molecular flexibility index (Phi) is 8.68. The third kappa shape index (κ3) is 8.55. The van der Waals surface area contributed by atoms with Crippen LogP contribution in [0.4, 0.5) is 24.5 Å². The van der Waals surface area contributed by atoms with Gasteiger partial charge < -0.3 is 25.4 Å². The monoisotopic (exact) mass is 439 g/mol. The molecule has 0 aromatic heterocycles. The van der Waals surface area contributed by atoms with E-state index in [-0.39, 0.29) is 12.5 Å². The maximum Gasteiger partial charge on any atom is 0.490 e. The van der Waals surface area contributed by atoms with Gasteiger partial charge in [0.15, 0.2) is 6.61 Å². The second kappa shape index (κ2) is 11.2. The molecule has 0 atom stereocenters. The lowest BCUT2D eigenvalue weighted by Crippen LogP contribution is -2.43. The van der Waals surface area contributed by atoms with E-state index in [0.29, 0.717) is 5.75 Å². The van der Waals surface area contributed by atoms with Crippen LogP contribution in [0.5, 0.6) is 5.75 Å². The lowest BCUT2D eigenvalue weighted by atomic mass is 10.2. The molecule has 0 saturated carbocycles. The zero-order chi connectivity index (χ0) is 22.9. The molecule has 1 fully saturated rings. The fraction of sp³-hybridized carbons (Fsp3) is 0.333. The molecular weight excluding hydrogens is 415 g/mol. The third-order valence-corrected chi connectivity index (χ3v) is 4.27. The van der Waals surface area contributed by atoms with Crippen molar-refractivity contribution in [1.82, 2.24) is 5.32 Å². The van der Waals surface area contributed by atoms with Crippen LogP contribution in [-0.4, -0.2) is 55.9 Å². The van der Waals surface area contributed by atoms with Gasteiger partial charge in [-0.25, -0.2) is 4.79 Å². The minimum Gasteiger partial charge on any atom is -0.484 e. The summed E-state index contributed by atoms with van der Waals surface area (Å²) in [5.41, 5.74) is 3.13. The number of aliphatic carboxylic acids is 1. The molecule has 10 heteroatoms. The van der Waals surface area contributed by atoms with Gasteiger partial charge in [-0.3, -0.25) is 4.79 Å². The number of carboxylic acid groups (broad SMARTS) is 1. The first-order chi connectivity index (χ1) is 14.6. The number of benzene rings is 2. The Bertz CT molecular complexity index is 850. The van der Waals surface area contributed by atoms with Crippen LogP contribution < -0.4 is 20.3 Å². The standard InChI is InChI=1S/C19H23N3O2.C2HF3O2/c1-15-2-8-18(9-3-15)24-14-19(23)21-16-4-6-17(7-5-16)22-12-10-20-11-13-22;3-2(4,5)1(6)7/h2-9,20H,10-14H2,1H3,(H,21,23);(H,6,7). The zero-order valence-electron chi connectivity index (χ0n) is 16.9. The van der Waals surface area contributed by atoms with Crippen molar-refractivity contribution < 1.29 is 32.6 Å². The van der Waals surface area contributed by atoms with Crippen molar-refractivity contribution in [3.05, 3.63) is 54.1 Å². The van der Waals surface area contributed by atoms with E-state index in [1.165, 1.54) is 5.69 Å². The van der Waals surface area contributed by atoms with Gasteiger partial charge in [0, 0.05) is 37.6 Å². The lowest BCUT2D eigenvalue weighted by molar-refractivity contribution is -0.192. The van der Waals surface area contributed by atoms with Gasteiger partial charge in [-0.15, -0.1) is 0 Å². The molecule has 0 spiro atoms. The quantitative estimate of drug-likeness (QED) is 0.664. The maximum atomic E-state index is 12.0. The van der Waals surface area contributed by atoms with Crippen LogP contribution in [0.2, 0.25) is 0 Å². The van der Waals surface area contributed by atoms with Gasteiger partial charge in [0.1, 0.15) is 5.75 Å². The summed E-state index contributed by atoms with van der Waals surface area (Å²) in [6.07, 6.45) is -5.08. The molecule has 7 nitrogen and oxygen atoms in total. The van der Waals surface area contributed by atoms with Crippen LogP contribution in [0.1, 0.15) is 5.56 Å². The van der Waals surface area contributed by atoms with Crippen molar-refractivity contribution in [3.8, 4) is 5.75 Å². The molecule has 2 aromatic rings. The van der Waals surface area contributed by atoms with E-state index in [9.17, 15) is 18.0 Å². The molecule has 3 N–H and O–H groups in total. The number of hydrogen-bond donors (Lipinski definition) is 3. The van der Waals surface area contributed by atoms with Gasteiger partial charge in [-0.1, -0.05) is 17.7 Å². The molecule has 0 unspecified atom stereocenters. The normalized spacial score (nSPS) is 13.6. The Morgan fingerprint density at radius 2 is 1.61 bits per heavy atom. The summed E-state index contributed by atoms with van der Waals surface area (Å²) in [6.45, 7) is 6.05. The number of carbonyl (C=O) groups is 2. The molecule has 2 aromatic carbocycles. The Balaban J connectivity index is 0.000000423. The molecule has 1 heterocycles. The number of rotatable bonds is 5. The Hall–Kier alpha value is -3.27. The average molecular weight is 439 g/mol. The Morgan fingerprint density at radius 3 is 2.13 bits per heavy atom. The largest absolute Gasteiger partial charge is 0.490 e. The summed E-state index contributed by atoms with van der Waals surface area (Å²) in [5, 5.41) is 13.3. The topological polar surface area (TPSA) is 90.9 Å². The smallest absolute Gasteiger partial charge is 0.484 e. The van der Waals surface area contributed by atoms with Gasteiger partial charge in [-0.05, 0) is 43.3 Å². The first-order valence-corrected chi connectivity index (χ1v) is 9.50. The average Bonchev–Trinajstić information content (AvgIpc) is 2.74. The predicted molar refractivity (Wildman–Crippen MR) is 111 cm³/mol. The van der Waals surface area contributed by atoms with Gasteiger partial charge in [0.05, 0.1) is 0 Å². The second-order valence-corrected chi connectivity index (χ2v) is 6.74. The van der Waals surface area contributed by atoms with E-state index < -0.39 is 12.1 Å². The number of nitrogens with one attached hydrogen (secondary N) is 2. The summed E-state index contributed by atoms with van der Waals surface area (Å²) in [5.74, 6) is -2.22. The minimum atomic E-state index is -5.08. The van der Waals surface area contributed by atoms with Gasteiger partial charge in [-0.2, -0.15) is 13.2 Å². The van der Waals surface area contributed by atoms with Gasteiger partial charge in [0.25, 0.3) is 5.91 Å². The number of nitrogens with zero attached hydrogens (tertiary/aromatic N) is 1. The van der Waals surface area contributed by atoms with Crippen molar-refractivity contribution >= 4 is 23.3 Å². The van der Waals surface area contributed by atoms with E-state index in [1.54, 1.807) is 0 Å². The van der Waals surface area contributed by atoms with Gasteiger partial charge in [0.2, 0.25) is 0 Å². The molecule has 1 aliphatic rings. The number of carboxylic acids is 1. The fourth-order valence-electron chi connectivity index (χ4n) is 2.66. The number of carbonyl (C=O) groups excluding carboxylic acids is 1. The minimum absolute atomic E-state index is 0.00259. The number of ether oxygens (including phenoxy) is 1. The molecule has 1 amide bonds. The SMILES string of the molecule is Cc1ccc(OCC(=O)Nc2ccc(N3CCNCC3)cc2)cc1.O=C(O)C(F)(F)F. The molecule has 3 rings (SSSR count). The number of piperazine rings is 1. The summed E-state index contributed by atoms with van der Waals surface area (Å²) in [4.78, 5) is 23.2. The Labute approximate surface area is 177 Å². The number of aryl methyl sites for hydroxylation is 1. The summed E-state index contributed by atoms with van der Waals surface area (Å²) >= 11 is 0. The highest BCUT2D eigenvalue weighted by atomic mass is 19.4. The summed E-state index contributed by atoms with van der Waals surface area (Å²) in [6, 6.07) is 15.6. The highest BCUT2D eigenvalue weighted by Gasteiger charge is 2.38. The maximum absolute atomic E-state index is 12.0. The van der Waals surface area contributed by atoms with Crippen LogP contribution in [0, 0.1) is 6.92 Å². The van der Waals surface area contributed by atoms with Crippen molar-refractivity contribution in [2.75, 3.05) is 43.0 Å². The van der Waals surface area contributed by atoms with E-state index >= 15 is 0 Å². The van der Waals surface area contributed by atoms with Crippen LogP contribution in [-0.2, 0) is 9.59 Å². The first kappa shape index (κ1) is 24.0. The Morgan fingerprint density at radius 1 is 1.06 bits per heavy atom. The molecule has 0 radical (unpaired) electrons. The van der Waals surface area contributed by atoms with Crippen molar-refractivity contribution in [2.24, 2.45) is 0 Å². The van der Waals surface area contributed by atoms with Crippen molar-refractivity contribution in [2.45, 2.75) is 13.1 Å². The number of hydrogen-bond acceptors (Lipinski definition) is 5. The number of anilines is 2. The van der Waals surface area contributed by atoms with Crippen LogP contribution >= 0.6 is 0 Å². The highest BCUT2D eigenvalue weighted by Crippen LogP contribution is 2.18. The van der Waals surface area contributed by atoms with E-state index in [1.807, 2.05) is 55.5 Å². The number of alkyl halides is 3.